The number of amides is 2. The maximum Gasteiger partial charge on any atom is 0.227 e. The van der Waals surface area contributed by atoms with Gasteiger partial charge in [-0.25, -0.2) is 0 Å². The Balaban J connectivity index is 1.50. The summed E-state index contributed by atoms with van der Waals surface area (Å²) in [5.41, 5.74) is 9.37. The van der Waals surface area contributed by atoms with Gasteiger partial charge in [0.2, 0.25) is 11.8 Å². The highest BCUT2D eigenvalue weighted by Gasteiger charge is 2.45. The molecular formula is C28H30N2O3. The highest BCUT2D eigenvalue weighted by atomic mass is 16.5. The smallest absolute Gasteiger partial charge is 0.227 e. The van der Waals surface area contributed by atoms with Crippen LogP contribution >= 0.6 is 0 Å². The topological polar surface area (TPSA) is 72.6 Å². The molecule has 0 aliphatic carbocycles. The molecule has 0 aromatic heterocycles. The number of benzene rings is 3. The van der Waals surface area contributed by atoms with Crippen LogP contribution in [-0.4, -0.2) is 36.4 Å². The molecule has 2 N–H and O–H groups in total. The van der Waals surface area contributed by atoms with Gasteiger partial charge in [-0.3, -0.25) is 9.59 Å². The van der Waals surface area contributed by atoms with Crippen molar-refractivity contribution >= 4 is 11.8 Å². The molecule has 1 aliphatic rings. The highest BCUT2D eigenvalue weighted by molar-refractivity contribution is 5.85. The molecule has 0 spiro atoms. The first kappa shape index (κ1) is 22.6. The van der Waals surface area contributed by atoms with Crippen molar-refractivity contribution in [1.82, 2.24) is 4.90 Å². The van der Waals surface area contributed by atoms with Crippen LogP contribution in [0.25, 0.3) is 11.1 Å². The van der Waals surface area contributed by atoms with Crippen molar-refractivity contribution in [3.05, 3.63) is 90.0 Å². The Morgan fingerprint density at radius 3 is 2.36 bits per heavy atom. The van der Waals surface area contributed by atoms with Crippen molar-refractivity contribution in [1.29, 1.82) is 0 Å². The average Bonchev–Trinajstić information content (AvgIpc) is 3.27. The number of hydrogen-bond acceptors (Lipinski definition) is 3. The molecule has 3 aromatic carbocycles. The summed E-state index contributed by atoms with van der Waals surface area (Å²) in [7, 11) is 0. The Hall–Kier alpha value is -3.60. The van der Waals surface area contributed by atoms with Gasteiger partial charge in [0, 0.05) is 13.1 Å². The molecule has 5 heteroatoms. The monoisotopic (exact) mass is 442 g/mol. The molecule has 33 heavy (non-hydrogen) atoms. The first-order valence-corrected chi connectivity index (χ1v) is 11.4. The van der Waals surface area contributed by atoms with Crippen molar-refractivity contribution in [2.24, 2.45) is 11.1 Å². The largest absolute Gasteiger partial charge is 0.494 e. The standard InChI is InChI=1S/C28H30N2O3/c1-2-33-24-14-12-21(13-15-24)18-26(31)30-17-16-28(20-30,27(29)32)19-23-10-6-7-11-25(23)22-8-4-3-5-9-22/h3-15H,2,16-20H2,1H3,(H2,29,32)/t28-/m1/s1. The van der Waals surface area contributed by atoms with E-state index in [1.54, 1.807) is 4.90 Å². The first-order valence-electron chi connectivity index (χ1n) is 11.4. The van der Waals surface area contributed by atoms with Crippen LogP contribution in [0.1, 0.15) is 24.5 Å². The number of primary amides is 1. The number of carbonyl (C=O) groups is 2. The van der Waals surface area contributed by atoms with Crippen LogP contribution in [0.15, 0.2) is 78.9 Å². The molecule has 1 heterocycles. The van der Waals surface area contributed by atoms with Gasteiger partial charge >= 0.3 is 0 Å². The van der Waals surface area contributed by atoms with E-state index in [1.807, 2.05) is 61.5 Å². The van der Waals surface area contributed by atoms with Crippen LogP contribution in [0.5, 0.6) is 5.75 Å². The second-order valence-corrected chi connectivity index (χ2v) is 8.66. The zero-order valence-corrected chi connectivity index (χ0v) is 19.0. The molecule has 5 nitrogen and oxygen atoms in total. The fourth-order valence-electron chi connectivity index (χ4n) is 4.61. The predicted octanol–water partition coefficient (Wildman–Crippen LogP) is 4.24. The summed E-state index contributed by atoms with van der Waals surface area (Å²) in [6.07, 6.45) is 1.38. The summed E-state index contributed by atoms with van der Waals surface area (Å²) in [4.78, 5) is 27.5. The minimum Gasteiger partial charge on any atom is -0.494 e. The summed E-state index contributed by atoms with van der Waals surface area (Å²) in [6.45, 7) is 3.43. The van der Waals surface area contributed by atoms with E-state index in [4.69, 9.17) is 10.5 Å². The second kappa shape index (κ2) is 9.90. The lowest BCUT2D eigenvalue weighted by Gasteiger charge is -2.27. The minimum absolute atomic E-state index is 0.0126. The molecule has 1 aliphatic heterocycles. The molecule has 170 valence electrons. The number of nitrogens with zero attached hydrogens (tertiary/aromatic N) is 1. The summed E-state index contributed by atoms with van der Waals surface area (Å²) in [6, 6.07) is 25.8. The van der Waals surface area contributed by atoms with Crippen LogP contribution in [0.4, 0.5) is 0 Å². The second-order valence-electron chi connectivity index (χ2n) is 8.66. The summed E-state index contributed by atoms with van der Waals surface area (Å²) >= 11 is 0. The number of carbonyl (C=O) groups excluding carboxylic acids is 2. The van der Waals surface area contributed by atoms with Crippen LogP contribution < -0.4 is 10.5 Å². The van der Waals surface area contributed by atoms with Gasteiger partial charge in [-0.05, 0) is 54.2 Å². The molecule has 0 saturated carbocycles. The van der Waals surface area contributed by atoms with E-state index in [-0.39, 0.29) is 11.8 Å². The molecule has 0 unspecified atom stereocenters. The van der Waals surface area contributed by atoms with E-state index in [9.17, 15) is 9.59 Å². The molecule has 2 amide bonds. The van der Waals surface area contributed by atoms with E-state index >= 15 is 0 Å². The fourth-order valence-corrected chi connectivity index (χ4v) is 4.61. The van der Waals surface area contributed by atoms with Crippen molar-refractivity contribution in [3.8, 4) is 16.9 Å². The van der Waals surface area contributed by atoms with E-state index in [1.165, 1.54) is 0 Å². The lowest BCUT2D eigenvalue weighted by molar-refractivity contribution is -0.131. The molecule has 1 fully saturated rings. The van der Waals surface area contributed by atoms with Crippen molar-refractivity contribution in [2.75, 3.05) is 19.7 Å². The lowest BCUT2D eigenvalue weighted by atomic mass is 9.78. The van der Waals surface area contributed by atoms with Crippen molar-refractivity contribution < 1.29 is 14.3 Å². The maximum atomic E-state index is 13.0. The molecule has 0 bridgehead atoms. The minimum atomic E-state index is -0.765. The number of nitrogens with two attached hydrogens (primary N) is 1. The van der Waals surface area contributed by atoms with Gasteiger partial charge in [0.15, 0.2) is 0 Å². The Morgan fingerprint density at radius 1 is 0.970 bits per heavy atom. The third-order valence-corrected chi connectivity index (χ3v) is 6.45. The van der Waals surface area contributed by atoms with E-state index in [2.05, 4.69) is 24.3 Å². The maximum absolute atomic E-state index is 13.0. The van der Waals surface area contributed by atoms with Crippen LogP contribution in [0.2, 0.25) is 0 Å². The number of hydrogen-bond donors (Lipinski definition) is 1. The molecule has 1 atom stereocenters. The van der Waals surface area contributed by atoms with E-state index in [0.717, 1.165) is 28.0 Å². The SMILES string of the molecule is CCOc1ccc(CC(=O)N2CC[C@](Cc3ccccc3-c3ccccc3)(C(N)=O)C2)cc1. The molecular weight excluding hydrogens is 412 g/mol. The zero-order chi connectivity index (χ0) is 23.3. The molecule has 1 saturated heterocycles. The first-order chi connectivity index (χ1) is 16.0. The molecule has 3 aromatic rings. The molecule has 4 rings (SSSR count). The van der Waals surface area contributed by atoms with Gasteiger partial charge in [0.25, 0.3) is 0 Å². The van der Waals surface area contributed by atoms with Crippen LogP contribution in [0, 0.1) is 5.41 Å². The van der Waals surface area contributed by atoms with Gasteiger partial charge in [-0.2, -0.15) is 0 Å². The number of rotatable bonds is 8. The van der Waals surface area contributed by atoms with Crippen LogP contribution in [-0.2, 0) is 22.4 Å². The fraction of sp³-hybridized carbons (Fsp3) is 0.286. The zero-order valence-electron chi connectivity index (χ0n) is 19.0. The summed E-state index contributed by atoms with van der Waals surface area (Å²) < 4.78 is 5.47. The Kier molecular flexibility index (Phi) is 6.78. The quantitative estimate of drug-likeness (QED) is 0.567. The highest BCUT2D eigenvalue weighted by Crippen LogP contribution is 2.37. The lowest BCUT2D eigenvalue weighted by Crippen LogP contribution is -2.42. The third-order valence-electron chi connectivity index (χ3n) is 6.45. The van der Waals surface area contributed by atoms with Gasteiger partial charge < -0.3 is 15.4 Å². The average molecular weight is 443 g/mol. The third kappa shape index (κ3) is 5.08. The summed E-state index contributed by atoms with van der Waals surface area (Å²) in [5.74, 6) is 0.458. The van der Waals surface area contributed by atoms with Gasteiger partial charge in [-0.15, -0.1) is 0 Å². The Labute approximate surface area is 195 Å². The van der Waals surface area contributed by atoms with Gasteiger partial charge in [0.05, 0.1) is 18.4 Å². The molecule has 0 radical (unpaired) electrons. The normalized spacial score (nSPS) is 17.7. The summed E-state index contributed by atoms with van der Waals surface area (Å²) in [5, 5.41) is 0. The van der Waals surface area contributed by atoms with Crippen LogP contribution in [0.3, 0.4) is 0 Å². The van der Waals surface area contributed by atoms with E-state index in [0.29, 0.717) is 39.0 Å². The van der Waals surface area contributed by atoms with Gasteiger partial charge in [-0.1, -0.05) is 66.7 Å². The van der Waals surface area contributed by atoms with Crippen molar-refractivity contribution in [2.45, 2.75) is 26.2 Å². The van der Waals surface area contributed by atoms with E-state index < -0.39 is 5.41 Å². The number of likely N-dealkylation sites (tertiary alicyclic amines) is 1. The van der Waals surface area contributed by atoms with Crippen molar-refractivity contribution in [3.63, 3.8) is 0 Å². The van der Waals surface area contributed by atoms with Gasteiger partial charge in [0.1, 0.15) is 5.75 Å². The Bertz CT molecular complexity index is 1110. The number of ether oxygens (including phenoxy) is 1. The predicted molar refractivity (Wildman–Crippen MR) is 130 cm³/mol. The Morgan fingerprint density at radius 2 is 1.67 bits per heavy atom.